The third-order valence-corrected chi connectivity index (χ3v) is 7.82. The van der Waals surface area contributed by atoms with Gasteiger partial charge in [-0.05, 0) is 55.7 Å². The van der Waals surface area contributed by atoms with Gasteiger partial charge in [0.1, 0.15) is 6.61 Å². The van der Waals surface area contributed by atoms with E-state index in [1.54, 1.807) is 23.9 Å². The van der Waals surface area contributed by atoms with Crippen LogP contribution in [-0.2, 0) is 19.6 Å². The first-order valence-corrected chi connectivity index (χ1v) is 14.0. The number of aliphatic carboxylic acids is 1. The lowest BCUT2D eigenvalue weighted by Crippen LogP contribution is -2.37. The van der Waals surface area contributed by atoms with Gasteiger partial charge in [0, 0.05) is 16.8 Å². The molecule has 1 aromatic carbocycles. The topological polar surface area (TPSA) is 92.7 Å². The number of carboxylic acid groups (broad SMARTS) is 1. The number of benzene rings is 1. The van der Waals surface area contributed by atoms with Crippen LogP contribution in [0.4, 0.5) is 0 Å². The van der Waals surface area contributed by atoms with Crippen LogP contribution in [-0.4, -0.2) is 49.8 Å². The molecule has 0 aliphatic rings. The lowest BCUT2D eigenvalue weighted by molar-refractivity contribution is -0.144. The average Bonchev–Trinajstić information content (AvgIpc) is 2.72. The summed E-state index contributed by atoms with van der Waals surface area (Å²) < 4.78 is 34.1. The fourth-order valence-electron chi connectivity index (χ4n) is 3.08. The number of hydrogen-bond donors (Lipinski definition) is 2. The molecule has 9 heteroatoms. The number of unbranched alkanes of at least 4 members (excludes halogenated alkanes) is 3. The lowest BCUT2D eigenvalue weighted by atomic mass is 10.0. The normalized spacial score (nSPS) is 13.8. The minimum Gasteiger partial charge on any atom is -0.480 e. The third kappa shape index (κ3) is 12.7. The van der Waals surface area contributed by atoms with Crippen LogP contribution in [0.2, 0.25) is 5.02 Å². The molecule has 0 aliphatic heterocycles. The summed E-state index contributed by atoms with van der Waals surface area (Å²) in [7, 11) is -3.67. The second kappa shape index (κ2) is 15.9. The van der Waals surface area contributed by atoms with Crippen molar-refractivity contribution in [2.45, 2.75) is 82.3 Å². The number of hydrogen-bond acceptors (Lipinski definition) is 5. The van der Waals surface area contributed by atoms with E-state index in [0.29, 0.717) is 23.6 Å². The van der Waals surface area contributed by atoms with Gasteiger partial charge in [0.15, 0.2) is 0 Å². The van der Waals surface area contributed by atoms with Crippen molar-refractivity contribution in [2.75, 3.05) is 18.1 Å². The summed E-state index contributed by atoms with van der Waals surface area (Å²) >= 11 is 7.63. The highest BCUT2D eigenvalue weighted by Gasteiger charge is 2.22. The molecule has 2 N–H and O–H groups in total. The van der Waals surface area contributed by atoms with Crippen LogP contribution >= 0.6 is 23.4 Å². The van der Waals surface area contributed by atoms with E-state index in [1.165, 1.54) is 12.1 Å². The Morgan fingerprint density at radius 3 is 2.39 bits per heavy atom. The van der Waals surface area contributed by atoms with Crippen LogP contribution in [0, 0.1) is 0 Å². The molecule has 2 unspecified atom stereocenters. The first-order chi connectivity index (χ1) is 14.8. The highest BCUT2D eigenvalue weighted by Crippen LogP contribution is 2.19. The number of halogens is 1. The monoisotopic (exact) mass is 493 g/mol. The number of sulfonamides is 1. The van der Waals surface area contributed by atoms with E-state index in [0.717, 1.165) is 44.3 Å². The average molecular weight is 494 g/mol. The number of nitrogens with one attached hydrogen (secondary N) is 1. The van der Waals surface area contributed by atoms with E-state index in [1.807, 2.05) is 0 Å². The van der Waals surface area contributed by atoms with Crippen molar-refractivity contribution in [1.29, 1.82) is 0 Å². The van der Waals surface area contributed by atoms with E-state index in [9.17, 15) is 13.2 Å². The van der Waals surface area contributed by atoms with Crippen molar-refractivity contribution >= 4 is 39.4 Å². The van der Waals surface area contributed by atoms with Crippen LogP contribution in [0.5, 0.6) is 0 Å². The zero-order valence-corrected chi connectivity index (χ0v) is 20.9. The first kappa shape index (κ1) is 28.2. The molecule has 6 nitrogen and oxygen atoms in total. The van der Waals surface area contributed by atoms with Crippen molar-refractivity contribution in [3.05, 3.63) is 29.3 Å². The largest absolute Gasteiger partial charge is 0.480 e. The van der Waals surface area contributed by atoms with Crippen LogP contribution in [0.25, 0.3) is 0 Å². The van der Waals surface area contributed by atoms with Gasteiger partial charge in [-0.3, -0.25) is 0 Å². The molecule has 0 fully saturated rings. The molecule has 1 rings (SSSR count). The van der Waals surface area contributed by atoms with Gasteiger partial charge in [0.05, 0.1) is 11.0 Å². The second-order valence-corrected chi connectivity index (χ2v) is 10.9. The Kier molecular flexibility index (Phi) is 14.5. The summed E-state index contributed by atoms with van der Waals surface area (Å²) in [6, 6.07) is 5.85. The van der Waals surface area contributed by atoms with Crippen molar-refractivity contribution in [2.24, 2.45) is 0 Å². The highest BCUT2D eigenvalue weighted by atomic mass is 35.5. The van der Waals surface area contributed by atoms with E-state index in [-0.39, 0.29) is 23.6 Å². The number of carboxylic acids is 1. The zero-order chi connectivity index (χ0) is 23.1. The van der Waals surface area contributed by atoms with E-state index < -0.39 is 16.0 Å². The van der Waals surface area contributed by atoms with E-state index in [4.69, 9.17) is 21.4 Å². The molecule has 0 saturated carbocycles. The Bertz CT molecular complexity index is 728. The molecule has 0 saturated heterocycles. The molecule has 31 heavy (non-hydrogen) atoms. The molecule has 0 bridgehead atoms. The van der Waals surface area contributed by atoms with E-state index in [2.05, 4.69) is 18.6 Å². The summed E-state index contributed by atoms with van der Waals surface area (Å²) in [6.45, 7) is 3.90. The number of rotatable bonds is 18. The van der Waals surface area contributed by atoms with Gasteiger partial charge in [-0.25, -0.2) is 17.9 Å². The standard InChI is InChI=1S/C22H36ClNO5S2/c1-3-5-7-15-30-17-19(11-12-20(8-6-4-2)29-16-22(25)26)24-31(27,28)21-13-9-18(23)10-14-21/h9-10,13-14,19-20,24H,3-8,11-12,15-17H2,1-2H3,(H,25,26). The van der Waals surface area contributed by atoms with Crippen molar-refractivity contribution in [3.63, 3.8) is 0 Å². The molecule has 2 atom stereocenters. The second-order valence-electron chi connectivity index (χ2n) is 7.60. The number of carbonyl (C=O) groups is 1. The van der Waals surface area contributed by atoms with Crippen molar-refractivity contribution in [3.8, 4) is 0 Å². The Morgan fingerprint density at radius 2 is 1.77 bits per heavy atom. The maximum atomic E-state index is 12.8. The minimum atomic E-state index is -3.67. The third-order valence-electron chi connectivity index (χ3n) is 4.82. The van der Waals surface area contributed by atoms with Crippen molar-refractivity contribution in [1.82, 2.24) is 4.72 Å². The van der Waals surface area contributed by atoms with Gasteiger partial charge in [0.2, 0.25) is 10.0 Å². The summed E-state index contributed by atoms with van der Waals surface area (Å²) in [5.41, 5.74) is 0. The van der Waals surface area contributed by atoms with Gasteiger partial charge in [0.25, 0.3) is 0 Å². The Labute approximate surface area is 196 Å². The van der Waals surface area contributed by atoms with E-state index >= 15 is 0 Å². The quantitative estimate of drug-likeness (QED) is 0.268. The van der Waals surface area contributed by atoms with Gasteiger partial charge < -0.3 is 9.84 Å². The SMILES string of the molecule is CCCCCSCC(CCC(CCCC)OCC(=O)O)NS(=O)(=O)c1ccc(Cl)cc1. The molecule has 178 valence electrons. The summed E-state index contributed by atoms with van der Waals surface area (Å²) in [5.74, 6) is 0.658. The molecule has 0 aromatic heterocycles. The molecule has 0 radical (unpaired) electrons. The molecular weight excluding hydrogens is 458 g/mol. The predicted octanol–water partition coefficient (Wildman–Crippen LogP) is 5.35. The molecule has 0 aliphatic carbocycles. The Hall–Kier alpha value is -0.800. The van der Waals surface area contributed by atoms with Crippen LogP contribution in [0.1, 0.15) is 65.2 Å². The smallest absolute Gasteiger partial charge is 0.329 e. The maximum Gasteiger partial charge on any atom is 0.329 e. The molecule has 1 aromatic rings. The molecule has 0 spiro atoms. The lowest BCUT2D eigenvalue weighted by Gasteiger charge is -2.22. The van der Waals surface area contributed by atoms with Gasteiger partial charge >= 0.3 is 5.97 Å². The van der Waals surface area contributed by atoms with Crippen molar-refractivity contribution < 1.29 is 23.1 Å². The van der Waals surface area contributed by atoms with Crippen LogP contribution < -0.4 is 4.72 Å². The molecular formula is C22H36ClNO5S2. The first-order valence-electron chi connectivity index (χ1n) is 11.0. The Morgan fingerprint density at radius 1 is 1.10 bits per heavy atom. The summed E-state index contributed by atoms with van der Waals surface area (Å²) in [5, 5.41) is 9.40. The van der Waals surface area contributed by atoms with Crippen LogP contribution in [0.15, 0.2) is 29.2 Å². The highest BCUT2D eigenvalue weighted by molar-refractivity contribution is 7.99. The predicted molar refractivity (Wildman–Crippen MR) is 129 cm³/mol. The molecule has 0 heterocycles. The molecule has 0 amide bonds. The zero-order valence-electron chi connectivity index (χ0n) is 18.5. The fourth-order valence-corrected chi connectivity index (χ4v) is 5.69. The summed E-state index contributed by atoms with van der Waals surface area (Å²) in [6.07, 6.45) is 7.12. The minimum absolute atomic E-state index is 0.183. The fraction of sp³-hybridized carbons (Fsp3) is 0.682. The Balaban J connectivity index is 2.78. The number of ether oxygens (including phenoxy) is 1. The number of thioether (sulfide) groups is 1. The van der Waals surface area contributed by atoms with Gasteiger partial charge in [-0.2, -0.15) is 11.8 Å². The van der Waals surface area contributed by atoms with Gasteiger partial charge in [-0.1, -0.05) is 51.1 Å². The van der Waals surface area contributed by atoms with Crippen LogP contribution in [0.3, 0.4) is 0 Å². The maximum absolute atomic E-state index is 12.8. The summed E-state index contributed by atoms with van der Waals surface area (Å²) in [4.78, 5) is 11.1. The van der Waals surface area contributed by atoms with Gasteiger partial charge in [-0.15, -0.1) is 0 Å².